The maximum atomic E-state index is 13.8. The SMILES string of the molecule is O=C(c1cc(F)ccc1F)C1CCN(C(=O)COCc2ccncc2)CC1. The Morgan fingerprint density at radius 2 is 1.81 bits per heavy atom. The smallest absolute Gasteiger partial charge is 0.248 e. The predicted octanol–water partition coefficient (Wildman–Crippen LogP) is 3.00. The second-order valence-electron chi connectivity index (χ2n) is 6.49. The second-order valence-corrected chi connectivity index (χ2v) is 6.49. The van der Waals surface area contributed by atoms with Crippen molar-refractivity contribution in [1.29, 1.82) is 0 Å². The number of halogens is 2. The Morgan fingerprint density at radius 3 is 2.52 bits per heavy atom. The number of carbonyl (C=O) groups is 2. The molecule has 3 rings (SSSR count). The molecule has 7 heteroatoms. The molecule has 0 unspecified atom stereocenters. The number of likely N-dealkylation sites (tertiary alicyclic amines) is 1. The number of benzene rings is 1. The predicted molar refractivity (Wildman–Crippen MR) is 93.9 cm³/mol. The molecule has 0 atom stereocenters. The number of aromatic nitrogens is 1. The first-order valence-corrected chi connectivity index (χ1v) is 8.78. The van der Waals surface area contributed by atoms with Crippen LogP contribution in [0.25, 0.3) is 0 Å². The van der Waals surface area contributed by atoms with Gasteiger partial charge in [0.05, 0.1) is 12.2 Å². The van der Waals surface area contributed by atoms with Gasteiger partial charge in [0.2, 0.25) is 5.91 Å². The van der Waals surface area contributed by atoms with E-state index in [1.807, 2.05) is 12.1 Å². The van der Waals surface area contributed by atoms with Crippen LogP contribution in [0.5, 0.6) is 0 Å². The lowest BCUT2D eigenvalue weighted by molar-refractivity contribution is -0.137. The first-order chi connectivity index (χ1) is 13.0. The largest absolute Gasteiger partial charge is 0.367 e. The second kappa shape index (κ2) is 8.81. The zero-order chi connectivity index (χ0) is 19.2. The highest BCUT2D eigenvalue weighted by Crippen LogP contribution is 2.23. The van der Waals surface area contributed by atoms with E-state index in [1.165, 1.54) is 0 Å². The number of Topliss-reactive ketones (excluding diaryl/α,β-unsaturated/α-hetero) is 1. The van der Waals surface area contributed by atoms with E-state index in [4.69, 9.17) is 4.74 Å². The molecule has 5 nitrogen and oxygen atoms in total. The van der Waals surface area contributed by atoms with Crippen LogP contribution < -0.4 is 0 Å². The van der Waals surface area contributed by atoms with E-state index in [9.17, 15) is 18.4 Å². The summed E-state index contributed by atoms with van der Waals surface area (Å²) < 4.78 is 32.5. The Morgan fingerprint density at radius 1 is 1.11 bits per heavy atom. The first-order valence-electron chi connectivity index (χ1n) is 8.78. The van der Waals surface area contributed by atoms with E-state index >= 15 is 0 Å². The molecule has 1 fully saturated rings. The Bertz CT molecular complexity index is 806. The Labute approximate surface area is 156 Å². The summed E-state index contributed by atoms with van der Waals surface area (Å²) >= 11 is 0. The molecule has 1 aromatic carbocycles. The molecule has 142 valence electrons. The fraction of sp³-hybridized carbons (Fsp3) is 0.350. The molecule has 1 amide bonds. The number of ketones is 1. The number of nitrogens with zero attached hydrogens (tertiary/aromatic N) is 2. The monoisotopic (exact) mass is 374 g/mol. The lowest BCUT2D eigenvalue weighted by atomic mass is 9.88. The summed E-state index contributed by atoms with van der Waals surface area (Å²) in [6.07, 6.45) is 4.16. The minimum absolute atomic E-state index is 0.0422. The van der Waals surface area contributed by atoms with Gasteiger partial charge in [-0.25, -0.2) is 8.78 Å². The summed E-state index contributed by atoms with van der Waals surface area (Å²) in [6.45, 7) is 1.07. The minimum atomic E-state index is -0.718. The van der Waals surface area contributed by atoms with Crippen LogP contribution in [0.3, 0.4) is 0 Å². The van der Waals surface area contributed by atoms with E-state index in [-0.39, 0.29) is 18.1 Å². The molecule has 1 saturated heterocycles. The average molecular weight is 374 g/mol. The number of pyridine rings is 1. The standard InChI is InChI=1S/C20H20F2N2O3/c21-16-1-2-18(22)17(11-16)20(26)15-5-9-24(10-6-15)19(25)13-27-12-14-3-7-23-8-4-14/h1-4,7-8,11,15H,5-6,9-10,12-13H2. The van der Waals surface area contributed by atoms with Crippen molar-refractivity contribution in [1.82, 2.24) is 9.88 Å². The molecule has 0 N–H and O–H groups in total. The zero-order valence-electron chi connectivity index (χ0n) is 14.7. The van der Waals surface area contributed by atoms with E-state index in [1.54, 1.807) is 17.3 Å². The lowest BCUT2D eigenvalue weighted by Crippen LogP contribution is -2.42. The third-order valence-corrected chi connectivity index (χ3v) is 4.66. The molecule has 2 aromatic rings. The van der Waals surface area contributed by atoms with Crippen LogP contribution >= 0.6 is 0 Å². The van der Waals surface area contributed by atoms with Crippen molar-refractivity contribution in [2.24, 2.45) is 5.92 Å². The average Bonchev–Trinajstić information content (AvgIpc) is 2.70. The molecular formula is C20H20F2N2O3. The summed E-state index contributed by atoms with van der Waals surface area (Å²) in [4.78, 5) is 30.2. The van der Waals surface area contributed by atoms with Crippen molar-refractivity contribution in [2.45, 2.75) is 19.4 Å². The molecule has 2 heterocycles. The number of hydrogen-bond acceptors (Lipinski definition) is 4. The van der Waals surface area contributed by atoms with Gasteiger partial charge in [-0.3, -0.25) is 14.6 Å². The lowest BCUT2D eigenvalue weighted by Gasteiger charge is -2.31. The van der Waals surface area contributed by atoms with Gasteiger partial charge in [-0.15, -0.1) is 0 Å². The van der Waals surface area contributed by atoms with Crippen molar-refractivity contribution >= 4 is 11.7 Å². The summed E-state index contributed by atoms with van der Waals surface area (Å²) in [5.74, 6) is -2.33. The van der Waals surface area contributed by atoms with Gasteiger partial charge < -0.3 is 9.64 Å². The maximum Gasteiger partial charge on any atom is 0.248 e. The maximum absolute atomic E-state index is 13.8. The Hall–Kier alpha value is -2.67. The van der Waals surface area contributed by atoms with Crippen LogP contribution in [-0.4, -0.2) is 41.3 Å². The van der Waals surface area contributed by atoms with Crippen molar-refractivity contribution in [3.05, 3.63) is 65.5 Å². The molecule has 0 radical (unpaired) electrons. The van der Waals surface area contributed by atoms with E-state index in [2.05, 4.69) is 4.98 Å². The van der Waals surface area contributed by atoms with Crippen molar-refractivity contribution in [3.8, 4) is 0 Å². The van der Waals surface area contributed by atoms with Crippen LogP contribution in [0.2, 0.25) is 0 Å². The van der Waals surface area contributed by atoms with Gasteiger partial charge >= 0.3 is 0 Å². The van der Waals surface area contributed by atoms with Crippen LogP contribution in [0.4, 0.5) is 8.78 Å². The van der Waals surface area contributed by atoms with Crippen molar-refractivity contribution < 1.29 is 23.1 Å². The van der Waals surface area contributed by atoms with Crippen LogP contribution in [0, 0.1) is 17.6 Å². The molecular weight excluding hydrogens is 354 g/mol. The normalized spacial score (nSPS) is 15.0. The third kappa shape index (κ3) is 4.95. The molecule has 27 heavy (non-hydrogen) atoms. The molecule has 0 aliphatic carbocycles. The molecule has 1 aliphatic heterocycles. The fourth-order valence-corrected chi connectivity index (χ4v) is 3.12. The number of hydrogen-bond donors (Lipinski definition) is 0. The molecule has 0 spiro atoms. The molecule has 0 bridgehead atoms. The topological polar surface area (TPSA) is 59.5 Å². The number of amides is 1. The van der Waals surface area contributed by atoms with Gasteiger partial charge in [0.1, 0.15) is 18.2 Å². The fourth-order valence-electron chi connectivity index (χ4n) is 3.12. The summed E-state index contributed by atoms with van der Waals surface area (Å²) in [5, 5.41) is 0. The van der Waals surface area contributed by atoms with Gasteiger partial charge in [-0.05, 0) is 48.7 Å². The third-order valence-electron chi connectivity index (χ3n) is 4.66. The van der Waals surface area contributed by atoms with Crippen molar-refractivity contribution in [2.75, 3.05) is 19.7 Å². The Kier molecular flexibility index (Phi) is 6.24. The van der Waals surface area contributed by atoms with Gasteiger partial charge in [0, 0.05) is 31.4 Å². The minimum Gasteiger partial charge on any atom is -0.367 e. The highest BCUT2D eigenvalue weighted by atomic mass is 19.1. The molecule has 1 aromatic heterocycles. The number of carbonyl (C=O) groups excluding carboxylic acids is 2. The quantitative estimate of drug-likeness (QED) is 0.730. The Balaban J connectivity index is 1.47. The van der Waals surface area contributed by atoms with Gasteiger partial charge in [-0.1, -0.05) is 0 Å². The van der Waals surface area contributed by atoms with Crippen LogP contribution in [0.1, 0.15) is 28.8 Å². The van der Waals surface area contributed by atoms with Crippen molar-refractivity contribution in [3.63, 3.8) is 0 Å². The van der Waals surface area contributed by atoms with Gasteiger partial charge in [-0.2, -0.15) is 0 Å². The number of rotatable bonds is 6. The highest BCUT2D eigenvalue weighted by molar-refractivity contribution is 5.98. The van der Waals surface area contributed by atoms with Gasteiger partial charge in [0.15, 0.2) is 5.78 Å². The first kappa shape index (κ1) is 19.1. The van der Waals surface area contributed by atoms with E-state index in [0.29, 0.717) is 32.5 Å². The van der Waals surface area contributed by atoms with Gasteiger partial charge in [0.25, 0.3) is 0 Å². The van der Waals surface area contributed by atoms with E-state index < -0.39 is 23.3 Å². The highest BCUT2D eigenvalue weighted by Gasteiger charge is 2.29. The molecule has 0 saturated carbocycles. The molecule has 1 aliphatic rings. The summed E-state index contributed by atoms with van der Waals surface area (Å²) in [6, 6.07) is 6.50. The summed E-state index contributed by atoms with van der Waals surface area (Å²) in [5.41, 5.74) is 0.708. The zero-order valence-corrected chi connectivity index (χ0v) is 14.7. The summed E-state index contributed by atoms with van der Waals surface area (Å²) in [7, 11) is 0. The number of piperidine rings is 1. The van der Waals surface area contributed by atoms with E-state index in [0.717, 1.165) is 23.8 Å². The number of ether oxygens (including phenoxy) is 1. The van der Waals surface area contributed by atoms with Crippen LogP contribution in [-0.2, 0) is 16.1 Å². The van der Waals surface area contributed by atoms with Crippen LogP contribution in [0.15, 0.2) is 42.7 Å².